The third-order valence-corrected chi connectivity index (χ3v) is 10.4. The minimum Gasteiger partial charge on any atom is -0.369 e. The van der Waals surface area contributed by atoms with E-state index in [1.165, 1.54) is 0 Å². The van der Waals surface area contributed by atoms with Gasteiger partial charge in [0.25, 0.3) is 11.8 Å². The summed E-state index contributed by atoms with van der Waals surface area (Å²) in [6.45, 7) is 6.54. The lowest BCUT2D eigenvalue weighted by molar-refractivity contribution is -0.136. The molecule has 4 aromatic rings. The van der Waals surface area contributed by atoms with E-state index in [1.54, 1.807) is 18.3 Å². The van der Waals surface area contributed by atoms with Crippen LogP contribution in [0, 0.1) is 5.92 Å². The molecule has 0 aliphatic carbocycles. The fraction of sp³-hybridized carbons (Fsp3) is 0.378. The third-order valence-electron chi connectivity index (χ3n) is 10.4. The molecule has 13 heteroatoms. The fourth-order valence-corrected chi connectivity index (χ4v) is 7.54. The molecule has 7 heterocycles. The summed E-state index contributed by atoms with van der Waals surface area (Å²) in [4.78, 5) is 72.2. The average Bonchev–Trinajstić information content (AvgIpc) is 3.39. The molecule has 256 valence electrons. The summed E-state index contributed by atoms with van der Waals surface area (Å²) in [6.07, 6.45) is 7.31. The number of rotatable bonds is 8. The normalized spacial score (nSPS) is 20.4. The summed E-state index contributed by atoms with van der Waals surface area (Å²) in [5, 5.41) is 5.66. The van der Waals surface area contributed by atoms with Crippen LogP contribution in [0.1, 0.15) is 52.8 Å². The number of carbonyl (C=O) groups excluding carboxylic acids is 4. The summed E-state index contributed by atoms with van der Waals surface area (Å²) >= 11 is 0. The second-order valence-electron chi connectivity index (χ2n) is 13.5. The van der Waals surface area contributed by atoms with Crippen molar-refractivity contribution >= 4 is 57.7 Å². The first-order valence-corrected chi connectivity index (χ1v) is 17.4. The van der Waals surface area contributed by atoms with Crippen molar-refractivity contribution in [3.05, 3.63) is 78.1 Å². The van der Waals surface area contributed by atoms with Gasteiger partial charge in [-0.15, -0.1) is 0 Å². The molecule has 1 atom stereocenters. The van der Waals surface area contributed by atoms with Crippen LogP contribution < -0.4 is 20.4 Å². The predicted molar refractivity (Wildman–Crippen MR) is 188 cm³/mol. The number of aromatic nitrogens is 3. The maximum atomic E-state index is 13.3. The van der Waals surface area contributed by atoms with Gasteiger partial charge >= 0.3 is 0 Å². The van der Waals surface area contributed by atoms with Crippen LogP contribution in [0.3, 0.4) is 0 Å². The van der Waals surface area contributed by atoms with Crippen molar-refractivity contribution in [2.75, 3.05) is 60.9 Å². The molecule has 50 heavy (non-hydrogen) atoms. The van der Waals surface area contributed by atoms with Crippen molar-refractivity contribution in [2.24, 2.45) is 5.92 Å². The number of benzene rings is 1. The van der Waals surface area contributed by atoms with Crippen molar-refractivity contribution in [1.82, 2.24) is 30.1 Å². The molecule has 0 spiro atoms. The Hall–Kier alpha value is -5.43. The van der Waals surface area contributed by atoms with E-state index in [0.717, 1.165) is 104 Å². The van der Waals surface area contributed by atoms with Gasteiger partial charge in [0.2, 0.25) is 11.8 Å². The highest BCUT2D eigenvalue weighted by Gasteiger charge is 2.44. The van der Waals surface area contributed by atoms with Gasteiger partial charge in [-0.1, -0.05) is 0 Å². The number of carbonyl (C=O) groups is 4. The van der Waals surface area contributed by atoms with E-state index < -0.39 is 23.8 Å². The van der Waals surface area contributed by atoms with Crippen molar-refractivity contribution in [2.45, 2.75) is 38.1 Å². The molecule has 4 aliphatic heterocycles. The number of anilines is 4. The molecule has 0 radical (unpaired) electrons. The predicted octanol–water partition coefficient (Wildman–Crippen LogP) is 3.60. The van der Waals surface area contributed by atoms with Crippen molar-refractivity contribution < 1.29 is 19.2 Å². The Kier molecular flexibility index (Phi) is 8.57. The molecule has 3 fully saturated rings. The number of nitrogens with one attached hydrogen (secondary N) is 2. The average molecular weight is 674 g/mol. The number of nitrogens with zero attached hydrogens (tertiary/aromatic N) is 7. The molecular formula is C37H39N9O4. The van der Waals surface area contributed by atoms with Gasteiger partial charge in [0.15, 0.2) is 0 Å². The topological polar surface area (TPSA) is 144 Å². The number of piperazine rings is 1. The second-order valence-corrected chi connectivity index (χ2v) is 13.5. The molecule has 3 aromatic heterocycles. The van der Waals surface area contributed by atoms with E-state index in [-0.39, 0.29) is 18.7 Å². The first kappa shape index (κ1) is 31.8. The highest BCUT2D eigenvalue weighted by atomic mass is 16.2. The molecule has 4 aliphatic rings. The zero-order chi connectivity index (χ0) is 34.2. The molecule has 13 nitrogen and oxygen atoms in total. The van der Waals surface area contributed by atoms with Gasteiger partial charge in [0.1, 0.15) is 17.7 Å². The minimum atomic E-state index is -0.956. The number of hydrogen-bond donors (Lipinski definition) is 2. The molecule has 3 saturated heterocycles. The number of piperidine rings is 2. The lowest BCUT2D eigenvalue weighted by Gasteiger charge is -2.38. The van der Waals surface area contributed by atoms with Crippen molar-refractivity contribution in [1.29, 1.82) is 0 Å². The lowest BCUT2D eigenvalue weighted by atomic mass is 9.93. The minimum absolute atomic E-state index is 0.104. The van der Waals surface area contributed by atoms with E-state index in [4.69, 9.17) is 0 Å². The Balaban J connectivity index is 0.800. The van der Waals surface area contributed by atoms with Gasteiger partial charge in [-0.05, 0) is 86.7 Å². The van der Waals surface area contributed by atoms with Crippen molar-refractivity contribution in [3.63, 3.8) is 0 Å². The Morgan fingerprint density at radius 3 is 2.40 bits per heavy atom. The van der Waals surface area contributed by atoms with Crippen LogP contribution in [-0.4, -0.2) is 100 Å². The molecule has 1 unspecified atom stereocenters. The van der Waals surface area contributed by atoms with Crippen LogP contribution in [0.5, 0.6) is 0 Å². The molecular weight excluding hydrogens is 634 g/mol. The lowest BCUT2D eigenvalue weighted by Crippen LogP contribution is -2.54. The summed E-state index contributed by atoms with van der Waals surface area (Å²) in [5.41, 5.74) is 4.22. The van der Waals surface area contributed by atoms with Gasteiger partial charge in [0.05, 0.1) is 22.2 Å². The first-order valence-electron chi connectivity index (χ1n) is 17.4. The Bertz CT molecular complexity index is 1970. The van der Waals surface area contributed by atoms with Gasteiger partial charge < -0.3 is 15.1 Å². The molecule has 0 saturated carbocycles. The standard InChI is InChI=1S/C37H39N9O4/c47-34-8-6-31(35(48)42-34)46-36(49)27-4-3-26(23-28(27)37(46)50)44-20-18-43(19-21-44)15-10-24-11-16-45(17-12-24)33-22-25(9-14-39-33)40-32-7-5-29-30(41-32)2-1-13-38-29/h1-5,7,9,13-14,22-24,31H,6,8,10-12,15-21H2,(H,39,40,41)(H,42,47,48). The number of pyridine rings is 3. The summed E-state index contributed by atoms with van der Waals surface area (Å²) in [7, 11) is 0. The second kappa shape index (κ2) is 13.5. The van der Waals surface area contributed by atoms with Gasteiger partial charge in [-0.25, -0.2) is 9.97 Å². The van der Waals surface area contributed by atoms with E-state index >= 15 is 0 Å². The van der Waals surface area contributed by atoms with Crippen LogP contribution in [-0.2, 0) is 9.59 Å². The van der Waals surface area contributed by atoms with Crippen LogP contribution in [0.15, 0.2) is 67.0 Å². The zero-order valence-electron chi connectivity index (χ0n) is 27.8. The number of hydrogen-bond acceptors (Lipinski definition) is 11. The van der Waals surface area contributed by atoms with E-state index in [2.05, 4.69) is 46.4 Å². The SMILES string of the molecule is O=C1CCC(N2C(=O)c3ccc(N4CCN(CCC5CCN(c6cc(Nc7ccc8ncccc8n7)ccn6)CC5)CC4)cc3C2=O)C(=O)N1. The number of fused-ring (bicyclic) bond motifs is 2. The molecule has 2 N–H and O–H groups in total. The van der Waals surface area contributed by atoms with Crippen LogP contribution in [0.25, 0.3) is 11.0 Å². The van der Waals surface area contributed by atoms with Gasteiger partial charge in [-0.3, -0.25) is 39.3 Å². The third kappa shape index (κ3) is 6.36. The quantitative estimate of drug-likeness (QED) is 0.265. The van der Waals surface area contributed by atoms with Crippen LogP contribution in [0.4, 0.5) is 23.0 Å². The Morgan fingerprint density at radius 1 is 0.760 bits per heavy atom. The Labute approximate surface area is 289 Å². The zero-order valence-corrected chi connectivity index (χ0v) is 27.8. The summed E-state index contributed by atoms with van der Waals surface area (Å²) < 4.78 is 0. The molecule has 8 rings (SSSR count). The molecule has 0 bridgehead atoms. The number of imide groups is 2. The largest absolute Gasteiger partial charge is 0.369 e. The smallest absolute Gasteiger partial charge is 0.262 e. The van der Waals surface area contributed by atoms with Gasteiger partial charge in [-0.2, -0.15) is 0 Å². The van der Waals surface area contributed by atoms with Gasteiger partial charge in [0, 0.05) is 75.5 Å². The first-order chi connectivity index (χ1) is 24.4. The molecule has 1 aromatic carbocycles. The maximum absolute atomic E-state index is 13.3. The van der Waals surface area contributed by atoms with E-state index in [1.807, 2.05) is 42.6 Å². The van der Waals surface area contributed by atoms with Crippen LogP contribution in [0.2, 0.25) is 0 Å². The highest BCUT2D eigenvalue weighted by Crippen LogP contribution is 2.32. The summed E-state index contributed by atoms with van der Waals surface area (Å²) in [6, 6.07) is 16.2. The summed E-state index contributed by atoms with van der Waals surface area (Å²) in [5.74, 6) is 0.509. The molecule has 4 amide bonds. The fourth-order valence-electron chi connectivity index (χ4n) is 7.54. The Morgan fingerprint density at radius 2 is 1.58 bits per heavy atom. The van der Waals surface area contributed by atoms with Crippen LogP contribution >= 0.6 is 0 Å². The number of amides is 4. The monoisotopic (exact) mass is 673 g/mol. The maximum Gasteiger partial charge on any atom is 0.262 e. The van der Waals surface area contributed by atoms with Crippen molar-refractivity contribution in [3.8, 4) is 0 Å². The highest BCUT2D eigenvalue weighted by molar-refractivity contribution is 6.23. The van der Waals surface area contributed by atoms with E-state index in [9.17, 15) is 19.2 Å². The van der Waals surface area contributed by atoms with E-state index in [0.29, 0.717) is 17.0 Å².